The van der Waals surface area contributed by atoms with E-state index in [2.05, 4.69) is 10.4 Å². The van der Waals surface area contributed by atoms with Gasteiger partial charge in [0.15, 0.2) is 6.10 Å². The SMILES string of the molecule is Cc1nn(-c2ccc(F)cc2)c(Cl)c1C(=O)O[C@@H](C)C(=O)NCc1ccco1. The third-order valence-electron chi connectivity index (χ3n) is 3.95. The first-order valence-corrected chi connectivity index (χ1v) is 8.76. The molecule has 0 aliphatic rings. The molecule has 3 aromatic rings. The molecule has 1 amide bonds. The lowest BCUT2D eigenvalue weighted by Gasteiger charge is -2.13. The molecule has 0 aliphatic heterocycles. The van der Waals surface area contributed by atoms with Crippen molar-refractivity contribution in [3.05, 3.63) is 70.6 Å². The molecule has 0 aliphatic carbocycles. The number of aromatic nitrogens is 2. The van der Waals surface area contributed by atoms with Gasteiger partial charge in [0.2, 0.25) is 0 Å². The third kappa shape index (κ3) is 4.23. The number of rotatable bonds is 6. The van der Waals surface area contributed by atoms with Gasteiger partial charge in [0, 0.05) is 0 Å². The van der Waals surface area contributed by atoms with Crippen LogP contribution in [0.4, 0.5) is 4.39 Å². The van der Waals surface area contributed by atoms with Gasteiger partial charge in [0.1, 0.15) is 22.3 Å². The molecule has 28 heavy (non-hydrogen) atoms. The lowest BCUT2D eigenvalue weighted by Crippen LogP contribution is -2.35. The van der Waals surface area contributed by atoms with Crippen molar-refractivity contribution in [1.29, 1.82) is 0 Å². The molecule has 0 unspecified atom stereocenters. The van der Waals surface area contributed by atoms with Gasteiger partial charge in [0.25, 0.3) is 5.91 Å². The summed E-state index contributed by atoms with van der Waals surface area (Å²) in [5.74, 6) is -1.09. The zero-order valence-electron chi connectivity index (χ0n) is 15.1. The number of ether oxygens (including phenoxy) is 1. The Morgan fingerprint density at radius 3 is 2.68 bits per heavy atom. The quantitative estimate of drug-likeness (QED) is 0.635. The number of furan rings is 1. The fourth-order valence-corrected chi connectivity index (χ4v) is 2.84. The van der Waals surface area contributed by atoms with Gasteiger partial charge in [-0.3, -0.25) is 4.79 Å². The van der Waals surface area contributed by atoms with Crippen LogP contribution in [0.1, 0.15) is 28.7 Å². The number of esters is 1. The minimum atomic E-state index is -1.05. The number of carbonyl (C=O) groups excluding carboxylic acids is 2. The van der Waals surface area contributed by atoms with Crippen molar-refractivity contribution in [3.8, 4) is 5.69 Å². The standard InChI is InChI=1S/C19H17ClFN3O4/c1-11-16(17(20)24(23-11)14-7-5-13(21)6-8-14)19(26)28-12(2)18(25)22-10-15-4-3-9-27-15/h3-9,12H,10H2,1-2H3,(H,22,25)/t12-/m0/s1. The summed E-state index contributed by atoms with van der Waals surface area (Å²) in [6.45, 7) is 3.21. The Bertz CT molecular complexity index is 984. The van der Waals surface area contributed by atoms with Crippen LogP contribution in [0, 0.1) is 12.7 Å². The smallest absolute Gasteiger partial charge is 0.344 e. The number of amides is 1. The normalized spacial score (nSPS) is 11.9. The van der Waals surface area contributed by atoms with E-state index < -0.39 is 23.8 Å². The highest BCUT2D eigenvalue weighted by Gasteiger charge is 2.26. The lowest BCUT2D eigenvalue weighted by molar-refractivity contribution is -0.129. The fourth-order valence-electron chi connectivity index (χ4n) is 2.49. The van der Waals surface area contributed by atoms with Crippen molar-refractivity contribution in [2.45, 2.75) is 26.5 Å². The van der Waals surface area contributed by atoms with Gasteiger partial charge in [0.05, 0.1) is 24.2 Å². The minimum Gasteiger partial charge on any atom is -0.467 e. The van der Waals surface area contributed by atoms with Gasteiger partial charge in [-0.05, 0) is 50.2 Å². The molecular weight excluding hydrogens is 389 g/mol. The number of benzene rings is 1. The highest BCUT2D eigenvalue weighted by Crippen LogP contribution is 2.25. The van der Waals surface area contributed by atoms with Crippen molar-refractivity contribution < 1.29 is 23.1 Å². The summed E-state index contributed by atoms with van der Waals surface area (Å²) in [5, 5.41) is 6.82. The van der Waals surface area contributed by atoms with Crippen molar-refractivity contribution in [3.63, 3.8) is 0 Å². The Balaban J connectivity index is 1.70. The van der Waals surface area contributed by atoms with Crippen molar-refractivity contribution in [2.24, 2.45) is 0 Å². The highest BCUT2D eigenvalue weighted by molar-refractivity contribution is 6.33. The molecule has 0 radical (unpaired) electrons. The maximum absolute atomic E-state index is 13.1. The van der Waals surface area contributed by atoms with Crippen molar-refractivity contribution >= 4 is 23.5 Å². The summed E-state index contributed by atoms with van der Waals surface area (Å²) >= 11 is 6.28. The number of nitrogens with zero attached hydrogens (tertiary/aromatic N) is 2. The summed E-state index contributed by atoms with van der Waals surface area (Å²) in [6, 6.07) is 8.89. The first-order chi connectivity index (χ1) is 13.4. The van der Waals surface area contributed by atoms with Crippen LogP contribution >= 0.6 is 11.6 Å². The molecule has 2 heterocycles. The zero-order valence-corrected chi connectivity index (χ0v) is 15.9. The molecule has 9 heteroatoms. The van der Waals surface area contributed by atoms with Crippen LogP contribution in [0.25, 0.3) is 5.69 Å². The Morgan fingerprint density at radius 1 is 1.32 bits per heavy atom. The molecule has 146 valence electrons. The molecule has 0 bridgehead atoms. The molecule has 3 rings (SSSR count). The molecule has 0 spiro atoms. The van der Waals surface area contributed by atoms with Crippen LogP contribution in [-0.4, -0.2) is 27.8 Å². The van der Waals surface area contributed by atoms with Gasteiger partial charge < -0.3 is 14.5 Å². The van der Waals surface area contributed by atoms with Gasteiger partial charge in [-0.1, -0.05) is 11.6 Å². The average Bonchev–Trinajstić information content (AvgIpc) is 3.28. The molecule has 7 nitrogen and oxygen atoms in total. The monoisotopic (exact) mass is 405 g/mol. The summed E-state index contributed by atoms with van der Waals surface area (Å²) in [6.07, 6.45) is 0.446. The van der Waals surface area contributed by atoms with E-state index in [0.717, 1.165) is 0 Å². The van der Waals surface area contributed by atoms with E-state index in [1.54, 1.807) is 19.1 Å². The molecule has 1 N–H and O–H groups in total. The van der Waals surface area contributed by atoms with E-state index in [-0.39, 0.29) is 17.3 Å². The Kier molecular flexibility index (Phi) is 5.79. The maximum Gasteiger partial charge on any atom is 0.344 e. The molecule has 2 aromatic heterocycles. The number of nitrogens with one attached hydrogen (secondary N) is 1. The van der Waals surface area contributed by atoms with Crippen molar-refractivity contribution in [1.82, 2.24) is 15.1 Å². The lowest BCUT2D eigenvalue weighted by atomic mass is 10.2. The molecule has 0 saturated carbocycles. The number of halogens is 2. The van der Waals surface area contributed by atoms with E-state index in [4.69, 9.17) is 20.8 Å². The van der Waals surface area contributed by atoms with Crippen molar-refractivity contribution in [2.75, 3.05) is 0 Å². The minimum absolute atomic E-state index is 0.0114. The van der Waals surface area contributed by atoms with E-state index >= 15 is 0 Å². The molecule has 1 atom stereocenters. The predicted molar refractivity (Wildman–Crippen MR) is 98.7 cm³/mol. The Labute approximate surface area is 165 Å². The van der Waals surface area contributed by atoms with E-state index in [1.165, 1.54) is 42.1 Å². The summed E-state index contributed by atoms with van der Waals surface area (Å²) < 4.78 is 24.7. The van der Waals surface area contributed by atoms with E-state index in [9.17, 15) is 14.0 Å². The van der Waals surface area contributed by atoms with Crippen LogP contribution in [0.5, 0.6) is 0 Å². The van der Waals surface area contributed by atoms with Gasteiger partial charge in [-0.15, -0.1) is 0 Å². The largest absolute Gasteiger partial charge is 0.467 e. The molecule has 0 fully saturated rings. The fraction of sp³-hybridized carbons (Fsp3) is 0.211. The first kappa shape index (κ1) is 19.6. The Hall–Kier alpha value is -3.13. The van der Waals surface area contributed by atoms with Gasteiger partial charge in [-0.2, -0.15) is 5.10 Å². The number of aryl methyl sites for hydroxylation is 1. The predicted octanol–water partition coefficient (Wildman–Crippen LogP) is 3.43. The topological polar surface area (TPSA) is 86.4 Å². The highest BCUT2D eigenvalue weighted by atomic mass is 35.5. The third-order valence-corrected chi connectivity index (χ3v) is 4.30. The molecule has 0 saturated heterocycles. The van der Waals surface area contributed by atoms with E-state index in [1.807, 2.05) is 0 Å². The second-order valence-electron chi connectivity index (χ2n) is 5.98. The number of carbonyl (C=O) groups is 2. The molecule has 1 aromatic carbocycles. The molecular formula is C19H17ClFN3O4. The summed E-state index contributed by atoms with van der Waals surface area (Å²) in [5.41, 5.74) is 0.844. The second kappa shape index (κ2) is 8.26. The van der Waals surface area contributed by atoms with Gasteiger partial charge in [-0.25, -0.2) is 13.9 Å². The van der Waals surface area contributed by atoms with Crippen LogP contribution < -0.4 is 5.32 Å². The van der Waals surface area contributed by atoms with Crippen LogP contribution in [-0.2, 0) is 16.1 Å². The average molecular weight is 406 g/mol. The zero-order chi connectivity index (χ0) is 20.3. The van der Waals surface area contributed by atoms with Crippen LogP contribution in [0.15, 0.2) is 47.1 Å². The van der Waals surface area contributed by atoms with Crippen LogP contribution in [0.3, 0.4) is 0 Å². The van der Waals surface area contributed by atoms with Crippen LogP contribution in [0.2, 0.25) is 5.15 Å². The first-order valence-electron chi connectivity index (χ1n) is 8.39. The Morgan fingerprint density at radius 2 is 2.04 bits per heavy atom. The summed E-state index contributed by atoms with van der Waals surface area (Å²) in [4.78, 5) is 24.6. The maximum atomic E-state index is 13.1. The number of hydrogen-bond donors (Lipinski definition) is 1. The van der Waals surface area contributed by atoms with Gasteiger partial charge >= 0.3 is 5.97 Å². The summed E-state index contributed by atoms with van der Waals surface area (Å²) in [7, 11) is 0. The van der Waals surface area contributed by atoms with E-state index in [0.29, 0.717) is 17.1 Å². The number of hydrogen-bond acceptors (Lipinski definition) is 5. The second-order valence-corrected chi connectivity index (χ2v) is 6.34.